The monoisotopic (exact) mass is 335 g/mol. The Morgan fingerprint density at radius 3 is 1.80 bits per heavy atom. The second-order valence-electron chi connectivity index (χ2n) is 6.48. The first-order valence-electron chi connectivity index (χ1n) is 7.95. The zero-order valence-electron chi connectivity index (χ0n) is 14.8. The molecule has 5 heteroatoms. The highest BCUT2D eigenvalue weighted by Crippen LogP contribution is 2.16. The van der Waals surface area contributed by atoms with Crippen LogP contribution in [0.1, 0.15) is 45.7 Å². The van der Waals surface area contributed by atoms with Crippen molar-refractivity contribution in [3.63, 3.8) is 0 Å². The van der Waals surface area contributed by atoms with Crippen LogP contribution in [0.25, 0.3) is 0 Å². The first kappa shape index (κ1) is 18.2. The lowest BCUT2D eigenvalue weighted by molar-refractivity contribution is 0.0425. The van der Waals surface area contributed by atoms with E-state index >= 15 is 0 Å². The lowest BCUT2D eigenvalue weighted by Gasteiger charge is -2.33. The normalized spacial score (nSPS) is 10.7. The minimum atomic E-state index is -1.21. The average molecular weight is 335 g/mol. The lowest BCUT2D eigenvalue weighted by atomic mass is 10.0. The van der Waals surface area contributed by atoms with Crippen molar-refractivity contribution < 1.29 is 9.59 Å². The molecule has 2 aromatic rings. The maximum Gasteiger partial charge on any atom is 0.273 e. The lowest BCUT2D eigenvalue weighted by Crippen LogP contribution is -2.56. The molecule has 0 atom stereocenters. The number of benzene rings is 2. The molecule has 0 aliphatic carbocycles. The molecular formula is C20H21N3O2. The van der Waals surface area contributed by atoms with Gasteiger partial charge in [-0.25, -0.2) is 5.01 Å². The smallest absolute Gasteiger partial charge is 0.267 e. The van der Waals surface area contributed by atoms with E-state index < -0.39 is 17.4 Å². The van der Waals surface area contributed by atoms with Crippen LogP contribution in [0.2, 0.25) is 0 Å². The number of nitrogens with zero attached hydrogens (tertiary/aromatic N) is 2. The molecule has 0 saturated carbocycles. The highest BCUT2D eigenvalue weighted by atomic mass is 16.2. The van der Waals surface area contributed by atoms with E-state index in [0.717, 1.165) is 16.1 Å². The second kappa shape index (κ2) is 7.18. The van der Waals surface area contributed by atoms with Gasteiger partial charge in [0, 0.05) is 11.1 Å². The van der Waals surface area contributed by atoms with Crippen molar-refractivity contribution in [3.05, 3.63) is 70.8 Å². The van der Waals surface area contributed by atoms with Gasteiger partial charge in [0.05, 0.1) is 6.07 Å². The van der Waals surface area contributed by atoms with Gasteiger partial charge in [-0.1, -0.05) is 35.4 Å². The third-order valence-corrected chi connectivity index (χ3v) is 3.86. The van der Waals surface area contributed by atoms with Crippen LogP contribution in [0.15, 0.2) is 48.5 Å². The Labute approximate surface area is 147 Å². The number of aryl methyl sites for hydroxylation is 2. The number of rotatable bonds is 3. The Balaban J connectivity index is 2.32. The molecule has 5 nitrogen and oxygen atoms in total. The zero-order valence-corrected chi connectivity index (χ0v) is 14.8. The summed E-state index contributed by atoms with van der Waals surface area (Å²) in [5.74, 6) is -0.879. The van der Waals surface area contributed by atoms with Gasteiger partial charge >= 0.3 is 0 Å². The fourth-order valence-electron chi connectivity index (χ4n) is 2.19. The van der Waals surface area contributed by atoms with E-state index in [9.17, 15) is 14.9 Å². The van der Waals surface area contributed by atoms with E-state index in [0.29, 0.717) is 11.1 Å². The van der Waals surface area contributed by atoms with E-state index in [4.69, 9.17) is 0 Å². The van der Waals surface area contributed by atoms with Gasteiger partial charge in [0.2, 0.25) is 0 Å². The van der Waals surface area contributed by atoms with Crippen LogP contribution in [0.4, 0.5) is 0 Å². The van der Waals surface area contributed by atoms with Crippen LogP contribution in [-0.2, 0) is 0 Å². The van der Waals surface area contributed by atoms with Crippen molar-refractivity contribution in [2.75, 3.05) is 0 Å². The molecule has 128 valence electrons. The number of hydrogen-bond donors (Lipinski definition) is 1. The molecular weight excluding hydrogens is 314 g/mol. The minimum absolute atomic E-state index is 0.401. The van der Waals surface area contributed by atoms with E-state index in [1.165, 1.54) is 0 Å². The summed E-state index contributed by atoms with van der Waals surface area (Å²) in [5.41, 5.74) is 4.24. The van der Waals surface area contributed by atoms with E-state index in [2.05, 4.69) is 11.5 Å². The number of hydrazine groups is 1. The quantitative estimate of drug-likeness (QED) is 0.874. The van der Waals surface area contributed by atoms with Gasteiger partial charge in [-0.2, -0.15) is 5.26 Å². The van der Waals surface area contributed by atoms with E-state index in [1.807, 2.05) is 38.1 Å². The molecule has 0 saturated heterocycles. The summed E-state index contributed by atoms with van der Waals surface area (Å²) in [7, 11) is 0. The van der Waals surface area contributed by atoms with Gasteiger partial charge in [-0.05, 0) is 52.0 Å². The van der Waals surface area contributed by atoms with Gasteiger partial charge in [-0.15, -0.1) is 0 Å². The summed E-state index contributed by atoms with van der Waals surface area (Å²) in [6.07, 6.45) is 0. The minimum Gasteiger partial charge on any atom is -0.267 e. The van der Waals surface area contributed by atoms with Gasteiger partial charge in [0.15, 0.2) is 0 Å². The van der Waals surface area contributed by atoms with Crippen molar-refractivity contribution >= 4 is 11.8 Å². The fourth-order valence-corrected chi connectivity index (χ4v) is 2.19. The Bertz CT molecular complexity index is 816. The number of carbonyl (C=O) groups is 2. The maximum absolute atomic E-state index is 12.8. The average Bonchev–Trinajstić information content (AvgIpc) is 2.60. The Kier molecular flexibility index (Phi) is 5.23. The van der Waals surface area contributed by atoms with Crippen LogP contribution in [0.3, 0.4) is 0 Å². The van der Waals surface area contributed by atoms with Crippen molar-refractivity contribution in [3.8, 4) is 6.07 Å². The molecule has 0 unspecified atom stereocenters. The Morgan fingerprint density at radius 2 is 1.36 bits per heavy atom. The van der Waals surface area contributed by atoms with Crippen molar-refractivity contribution in [1.82, 2.24) is 10.4 Å². The highest BCUT2D eigenvalue weighted by molar-refractivity contribution is 5.99. The van der Waals surface area contributed by atoms with E-state index in [-0.39, 0.29) is 0 Å². The number of carbonyl (C=O) groups excluding carboxylic acids is 2. The summed E-state index contributed by atoms with van der Waals surface area (Å²) >= 11 is 0. The Hall–Kier alpha value is -3.13. The molecule has 2 amide bonds. The van der Waals surface area contributed by atoms with Gasteiger partial charge in [0.25, 0.3) is 11.8 Å². The van der Waals surface area contributed by atoms with Crippen LogP contribution in [0.5, 0.6) is 0 Å². The molecule has 0 spiro atoms. The van der Waals surface area contributed by atoms with Crippen LogP contribution >= 0.6 is 0 Å². The zero-order chi connectivity index (χ0) is 18.6. The van der Waals surface area contributed by atoms with Gasteiger partial charge in [0.1, 0.15) is 5.54 Å². The summed E-state index contributed by atoms with van der Waals surface area (Å²) in [5, 5.41) is 10.5. The molecule has 0 fully saturated rings. The molecule has 0 aromatic heterocycles. The third-order valence-electron chi connectivity index (χ3n) is 3.86. The van der Waals surface area contributed by atoms with Crippen molar-refractivity contribution in [1.29, 1.82) is 5.26 Å². The number of nitriles is 1. The summed E-state index contributed by atoms with van der Waals surface area (Å²) in [4.78, 5) is 25.3. The SMILES string of the molecule is Cc1ccc(C(=O)NN(C(=O)c2ccc(C)cc2)C(C)(C)C#N)cc1. The van der Waals surface area contributed by atoms with Crippen molar-refractivity contribution in [2.45, 2.75) is 33.2 Å². The first-order chi connectivity index (χ1) is 11.7. The van der Waals surface area contributed by atoms with Crippen LogP contribution < -0.4 is 5.43 Å². The largest absolute Gasteiger partial charge is 0.273 e. The standard InChI is InChI=1S/C20H21N3O2/c1-14-5-9-16(10-6-14)18(24)22-23(20(3,4)13-21)19(25)17-11-7-15(2)8-12-17/h5-12H,1-4H3,(H,22,24). The highest BCUT2D eigenvalue weighted by Gasteiger charge is 2.33. The molecule has 1 N–H and O–H groups in total. The van der Waals surface area contributed by atoms with Gasteiger partial charge < -0.3 is 0 Å². The molecule has 2 aromatic carbocycles. The molecule has 2 rings (SSSR count). The molecule has 0 bridgehead atoms. The molecule has 25 heavy (non-hydrogen) atoms. The topological polar surface area (TPSA) is 73.2 Å². The second-order valence-corrected chi connectivity index (χ2v) is 6.48. The summed E-state index contributed by atoms with van der Waals surface area (Å²) in [6, 6.07) is 16.0. The summed E-state index contributed by atoms with van der Waals surface area (Å²) in [6.45, 7) is 7.00. The van der Waals surface area contributed by atoms with Crippen molar-refractivity contribution in [2.24, 2.45) is 0 Å². The third kappa shape index (κ3) is 4.24. The summed E-state index contributed by atoms with van der Waals surface area (Å²) < 4.78 is 0. The molecule has 0 radical (unpaired) electrons. The Morgan fingerprint density at radius 1 is 0.920 bits per heavy atom. The predicted molar refractivity (Wildman–Crippen MR) is 95.7 cm³/mol. The van der Waals surface area contributed by atoms with Crippen LogP contribution in [-0.4, -0.2) is 22.4 Å². The number of hydrogen-bond acceptors (Lipinski definition) is 3. The van der Waals surface area contributed by atoms with E-state index in [1.54, 1.807) is 38.1 Å². The number of nitrogens with one attached hydrogen (secondary N) is 1. The van der Waals surface area contributed by atoms with Crippen LogP contribution in [0, 0.1) is 25.2 Å². The molecule has 0 aliphatic heterocycles. The first-order valence-corrected chi connectivity index (χ1v) is 7.95. The van der Waals surface area contributed by atoms with Gasteiger partial charge in [-0.3, -0.25) is 15.0 Å². The molecule has 0 heterocycles. The number of amides is 2. The molecule has 0 aliphatic rings. The predicted octanol–water partition coefficient (Wildman–Crippen LogP) is 3.39. The maximum atomic E-state index is 12.8. The fraction of sp³-hybridized carbons (Fsp3) is 0.250.